The van der Waals surface area contributed by atoms with Crippen molar-refractivity contribution in [1.29, 1.82) is 0 Å². The van der Waals surface area contributed by atoms with Gasteiger partial charge in [0, 0.05) is 30.9 Å². The van der Waals surface area contributed by atoms with E-state index < -0.39 is 4.92 Å². The molecule has 6 heteroatoms. The van der Waals surface area contributed by atoms with Crippen molar-refractivity contribution >= 4 is 17.1 Å². The van der Waals surface area contributed by atoms with Crippen molar-refractivity contribution in [3.05, 3.63) is 28.3 Å². The molecule has 0 heterocycles. The smallest absolute Gasteiger partial charge is 0.273 e. The number of rotatable bonds is 4. The van der Waals surface area contributed by atoms with E-state index in [1.54, 1.807) is 6.07 Å². The van der Waals surface area contributed by atoms with Crippen LogP contribution in [0.1, 0.15) is 19.3 Å². The molecule has 0 unspecified atom stereocenters. The summed E-state index contributed by atoms with van der Waals surface area (Å²) in [4.78, 5) is 12.5. The average Bonchev–Trinajstić information content (AvgIpc) is 2.25. The van der Waals surface area contributed by atoms with Crippen LogP contribution >= 0.6 is 0 Å². The Bertz CT molecular complexity index is 431. The van der Waals surface area contributed by atoms with Crippen LogP contribution in [0.2, 0.25) is 0 Å². The number of nitrogen functional groups attached to an aromatic ring is 1. The monoisotopic (exact) mass is 236 g/mol. The number of nitro groups is 1. The fraction of sp³-hybridized carbons (Fsp3) is 0.455. The topological polar surface area (TPSA) is 84.4 Å². The lowest BCUT2D eigenvalue weighted by Crippen LogP contribution is -2.37. The molecular formula is C11H16N4O2. The number of nitrogens with zero attached hydrogens (tertiary/aromatic N) is 2. The van der Waals surface area contributed by atoms with Gasteiger partial charge in [-0.25, -0.2) is 0 Å². The first-order valence-corrected chi connectivity index (χ1v) is 5.60. The zero-order valence-electron chi connectivity index (χ0n) is 9.72. The van der Waals surface area contributed by atoms with E-state index in [0.29, 0.717) is 11.7 Å². The molecule has 0 aromatic heterocycles. The highest BCUT2D eigenvalue weighted by atomic mass is 16.6. The molecule has 0 aliphatic heterocycles. The zero-order chi connectivity index (χ0) is 12.4. The third-order valence-electron chi connectivity index (χ3n) is 3.31. The third kappa shape index (κ3) is 2.31. The second kappa shape index (κ2) is 4.58. The zero-order valence-corrected chi connectivity index (χ0v) is 9.72. The quantitative estimate of drug-likeness (QED) is 0.473. The molecule has 0 radical (unpaired) electrons. The number of anilines is 2. The number of hydrogen-bond acceptors (Lipinski definition) is 5. The largest absolute Gasteiger partial charge is 0.371 e. The van der Waals surface area contributed by atoms with Gasteiger partial charge in [-0.15, -0.1) is 0 Å². The summed E-state index contributed by atoms with van der Waals surface area (Å²) in [5, 5.41) is 10.8. The fourth-order valence-electron chi connectivity index (χ4n) is 1.97. The SMILES string of the molecule is CN(c1cc(NN)cc([N+](=O)[O-])c1)C1CCC1. The highest BCUT2D eigenvalue weighted by molar-refractivity contribution is 5.64. The molecule has 3 N–H and O–H groups in total. The van der Waals surface area contributed by atoms with Crippen molar-refractivity contribution in [2.75, 3.05) is 17.4 Å². The van der Waals surface area contributed by atoms with Crippen molar-refractivity contribution < 1.29 is 4.92 Å². The lowest BCUT2D eigenvalue weighted by Gasteiger charge is -2.36. The Morgan fingerprint density at radius 2 is 2.18 bits per heavy atom. The van der Waals surface area contributed by atoms with Gasteiger partial charge in [0.1, 0.15) is 0 Å². The van der Waals surface area contributed by atoms with E-state index in [4.69, 9.17) is 5.84 Å². The van der Waals surface area contributed by atoms with Crippen LogP contribution in [0.15, 0.2) is 18.2 Å². The minimum Gasteiger partial charge on any atom is -0.371 e. The van der Waals surface area contributed by atoms with Crippen molar-refractivity contribution in [2.45, 2.75) is 25.3 Å². The van der Waals surface area contributed by atoms with Gasteiger partial charge in [-0.2, -0.15) is 0 Å². The fourth-order valence-corrected chi connectivity index (χ4v) is 1.97. The van der Waals surface area contributed by atoms with Gasteiger partial charge in [0.2, 0.25) is 0 Å². The molecule has 0 saturated heterocycles. The van der Waals surface area contributed by atoms with Crippen LogP contribution in [0, 0.1) is 10.1 Å². The number of nitro benzene ring substituents is 1. The molecule has 1 aromatic carbocycles. The maximum Gasteiger partial charge on any atom is 0.273 e. The molecule has 1 fully saturated rings. The molecule has 2 rings (SSSR count). The Morgan fingerprint density at radius 3 is 2.65 bits per heavy atom. The van der Waals surface area contributed by atoms with E-state index in [-0.39, 0.29) is 5.69 Å². The molecule has 0 amide bonds. The first-order valence-electron chi connectivity index (χ1n) is 5.60. The Morgan fingerprint density at radius 1 is 1.47 bits per heavy atom. The predicted octanol–water partition coefficient (Wildman–Crippen LogP) is 1.87. The van der Waals surface area contributed by atoms with E-state index in [2.05, 4.69) is 10.3 Å². The minimum atomic E-state index is -0.404. The molecule has 1 aromatic rings. The number of benzene rings is 1. The molecule has 0 spiro atoms. The first kappa shape index (κ1) is 11.7. The second-order valence-corrected chi connectivity index (χ2v) is 4.34. The maximum absolute atomic E-state index is 10.8. The van der Waals surface area contributed by atoms with Gasteiger partial charge >= 0.3 is 0 Å². The molecule has 17 heavy (non-hydrogen) atoms. The summed E-state index contributed by atoms with van der Waals surface area (Å²) >= 11 is 0. The van der Waals surface area contributed by atoms with Crippen molar-refractivity contribution in [2.24, 2.45) is 5.84 Å². The summed E-state index contributed by atoms with van der Waals surface area (Å²) in [5.41, 5.74) is 3.90. The Kier molecular flexibility index (Phi) is 3.14. The van der Waals surface area contributed by atoms with Crippen LogP contribution in [0.4, 0.5) is 17.1 Å². The maximum atomic E-state index is 10.8. The lowest BCUT2D eigenvalue weighted by molar-refractivity contribution is -0.384. The standard InChI is InChI=1S/C11H16N4O2/c1-14(9-3-2-4-9)10-5-8(13-12)6-11(7-10)15(16)17/h5-7,9,13H,2-4,12H2,1H3. The molecule has 0 atom stereocenters. The van der Waals surface area contributed by atoms with Gasteiger partial charge in [-0.3, -0.25) is 16.0 Å². The Labute approximate surface area is 99.5 Å². The molecule has 6 nitrogen and oxygen atoms in total. The number of hydrazine groups is 1. The van der Waals surface area contributed by atoms with Crippen molar-refractivity contribution in [1.82, 2.24) is 0 Å². The normalized spacial score (nSPS) is 15.2. The Balaban J connectivity index is 2.31. The number of hydrogen-bond donors (Lipinski definition) is 2. The van der Waals surface area contributed by atoms with Gasteiger partial charge in [0.05, 0.1) is 10.6 Å². The average molecular weight is 236 g/mol. The van der Waals surface area contributed by atoms with Crippen molar-refractivity contribution in [3.8, 4) is 0 Å². The van der Waals surface area contributed by atoms with Crippen LogP contribution in [0.25, 0.3) is 0 Å². The lowest BCUT2D eigenvalue weighted by atomic mass is 9.91. The first-order chi connectivity index (χ1) is 8.11. The summed E-state index contributed by atoms with van der Waals surface area (Å²) in [6, 6.07) is 5.32. The van der Waals surface area contributed by atoms with Gasteiger partial charge in [0.15, 0.2) is 0 Å². The van der Waals surface area contributed by atoms with E-state index >= 15 is 0 Å². The van der Waals surface area contributed by atoms with E-state index in [0.717, 1.165) is 18.5 Å². The molecule has 0 bridgehead atoms. The van der Waals surface area contributed by atoms with Gasteiger partial charge in [-0.05, 0) is 25.3 Å². The van der Waals surface area contributed by atoms with Crippen LogP contribution in [-0.4, -0.2) is 18.0 Å². The predicted molar refractivity (Wildman–Crippen MR) is 66.9 cm³/mol. The Hall–Kier alpha value is -1.82. The van der Waals surface area contributed by atoms with Gasteiger partial charge in [0.25, 0.3) is 5.69 Å². The summed E-state index contributed by atoms with van der Waals surface area (Å²) in [5.74, 6) is 5.32. The summed E-state index contributed by atoms with van der Waals surface area (Å²) in [7, 11) is 1.96. The van der Waals surface area contributed by atoms with Crippen LogP contribution in [0.5, 0.6) is 0 Å². The van der Waals surface area contributed by atoms with Gasteiger partial charge in [-0.1, -0.05) is 0 Å². The molecule has 92 valence electrons. The van der Waals surface area contributed by atoms with Crippen LogP contribution < -0.4 is 16.2 Å². The van der Waals surface area contributed by atoms with Gasteiger partial charge < -0.3 is 10.3 Å². The number of nitrogens with two attached hydrogens (primary N) is 1. The highest BCUT2D eigenvalue weighted by Gasteiger charge is 2.23. The molecule has 1 aliphatic carbocycles. The molecule has 1 aliphatic rings. The summed E-state index contributed by atoms with van der Waals surface area (Å²) in [6.07, 6.45) is 3.51. The molecule has 1 saturated carbocycles. The van der Waals surface area contributed by atoms with E-state index in [1.807, 2.05) is 13.1 Å². The third-order valence-corrected chi connectivity index (χ3v) is 3.31. The summed E-state index contributed by atoms with van der Waals surface area (Å²) < 4.78 is 0. The molecular weight excluding hydrogens is 220 g/mol. The van der Waals surface area contributed by atoms with Crippen molar-refractivity contribution in [3.63, 3.8) is 0 Å². The van der Waals surface area contributed by atoms with E-state index in [9.17, 15) is 10.1 Å². The van der Waals surface area contributed by atoms with Crippen LogP contribution in [0.3, 0.4) is 0 Å². The minimum absolute atomic E-state index is 0.0571. The summed E-state index contributed by atoms with van der Waals surface area (Å²) in [6.45, 7) is 0. The number of non-ortho nitro benzene ring substituents is 1. The van der Waals surface area contributed by atoms with E-state index in [1.165, 1.54) is 12.5 Å². The number of nitrogens with one attached hydrogen (secondary N) is 1. The second-order valence-electron chi connectivity index (χ2n) is 4.34. The van der Waals surface area contributed by atoms with Crippen LogP contribution in [-0.2, 0) is 0 Å². The highest BCUT2D eigenvalue weighted by Crippen LogP contribution is 2.32.